The monoisotopic (exact) mass is 563 g/mol. The first-order chi connectivity index (χ1) is 18.8. The highest BCUT2D eigenvalue weighted by atomic mass is 32.1. The molecule has 1 atom stereocenters. The SMILES string of the molecule is O=C(CN1CCN(Cc2cccc(OC(F)(F)F)c2)CC1)Nc1nnc(N[C@@H]2CCN(c3cccnn3)C2)s1. The van der Waals surface area contributed by atoms with E-state index in [0.29, 0.717) is 43.0 Å². The Bertz CT molecular complexity index is 1240. The summed E-state index contributed by atoms with van der Waals surface area (Å²) in [7, 11) is 0. The number of hydrogen-bond donors (Lipinski definition) is 2. The van der Waals surface area contributed by atoms with Gasteiger partial charge in [-0.2, -0.15) is 5.10 Å². The molecular formula is C24H28F3N9O2S. The molecule has 2 aromatic heterocycles. The number of ether oxygens (including phenoxy) is 1. The lowest BCUT2D eigenvalue weighted by molar-refractivity contribution is -0.274. The van der Waals surface area contributed by atoms with Gasteiger partial charge in [0.25, 0.3) is 0 Å². The summed E-state index contributed by atoms with van der Waals surface area (Å²) in [6, 6.07) is 10.0. The number of anilines is 3. The van der Waals surface area contributed by atoms with Crippen LogP contribution in [0.15, 0.2) is 42.6 Å². The highest BCUT2D eigenvalue weighted by Crippen LogP contribution is 2.25. The fraction of sp³-hybridized carbons (Fsp3) is 0.458. The van der Waals surface area contributed by atoms with Gasteiger partial charge in [-0.25, -0.2) is 0 Å². The number of nitrogens with one attached hydrogen (secondary N) is 2. The molecule has 4 heterocycles. The number of piperazine rings is 1. The normalized spacial score (nSPS) is 18.7. The Morgan fingerprint density at radius 1 is 1.03 bits per heavy atom. The summed E-state index contributed by atoms with van der Waals surface area (Å²) in [6.45, 7) is 5.09. The van der Waals surface area contributed by atoms with E-state index in [1.165, 1.54) is 23.5 Å². The number of carbonyl (C=O) groups excluding carboxylic acids is 1. The van der Waals surface area contributed by atoms with Gasteiger partial charge in [0.2, 0.25) is 16.2 Å². The second-order valence-electron chi connectivity index (χ2n) is 9.37. The number of hydrogen-bond acceptors (Lipinski definition) is 11. The first kappa shape index (κ1) is 27.0. The maximum absolute atomic E-state index is 12.6. The van der Waals surface area contributed by atoms with Crippen molar-refractivity contribution in [3.05, 3.63) is 48.2 Å². The molecule has 0 saturated carbocycles. The van der Waals surface area contributed by atoms with Crippen molar-refractivity contribution in [3.8, 4) is 5.75 Å². The maximum Gasteiger partial charge on any atom is 0.573 e. The number of carbonyl (C=O) groups is 1. The molecule has 0 spiro atoms. The van der Waals surface area contributed by atoms with Crippen molar-refractivity contribution in [2.24, 2.45) is 0 Å². The molecule has 0 radical (unpaired) electrons. The van der Waals surface area contributed by atoms with Crippen LogP contribution < -0.4 is 20.3 Å². The van der Waals surface area contributed by atoms with Crippen LogP contribution in [0.2, 0.25) is 0 Å². The molecule has 208 valence electrons. The Morgan fingerprint density at radius 3 is 2.59 bits per heavy atom. The van der Waals surface area contributed by atoms with Gasteiger partial charge in [0, 0.05) is 58.1 Å². The zero-order valence-corrected chi connectivity index (χ0v) is 21.8. The lowest BCUT2D eigenvalue weighted by Crippen LogP contribution is -2.48. The van der Waals surface area contributed by atoms with Crippen LogP contribution in [0.3, 0.4) is 0 Å². The Hall–Kier alpha value is -3.56. The molecule has 2 aliphatic heterocycles. The van der Waals surface area contributed by atoms with Crippen LogP contribution in [0.4, 0.5) is 29.3 Å². The fourth-order valence-corrected chi connectivity index (χ4v) is 5.36. The van der Waals surface area contributed by atoms with Crippen LogP contribution in [-0.4, -0.2) is 94.3 Å². The molecule has 0 bridgehead atoms. The minimum atomic E-state index is -4.71. The average molecular weight is 564 g/mol. The zero-order valence-electron chi connectivity index (χ0n) is 21.0. The summed E-state index contributed by atoms with van der Waals surface area (Å²) >= 11 is 1.29. The van der Waals surface area contributed by atoms with E-state index in [9.17, 15) is 18.0 Å². The van der Waals surface area contributed by atoms with Crippen LogP contribution in [0.25, 0.3) is 0 Å². The second kappa shape index (κ2) is 12.1. The van der Waals surface area contributed by atoms with E-state index in [1.54, 1.807) is 18.3 Å². The number of amides is 1. The Kier molecular flexibility index (Phi) is 8.38. The molecule has 2 N–H and O–H groups in total. The molecule has 1 aromatic carbocycles. The van der Waals surface area contributed by atoms with Crippen molar-refractivity contribution >= 4 is 33.3 Å². The van der Waals surface area contributed by atoms with Crippen LogP contribution in [-0.2, 0) is 11.3 Å². The van der Waals surface area contributed by atoms with Crippen molar-refractivity contribution in [1.29, 1.82) is 0 Å². The first-order valence-electron chi connectivity index (χ1n) is 12.5. The third kappa shape index (κ3) is 7.97. The number of benzene rings is 1. The highest BCUT2D eigenvalue weighted by Gasteiger charge is 2.31. The molecule has 11 nitrogen and oxygen atoms in total. The third-order valence-corrected chi connectivity index (χ3v) is 7.21. The van der Waals surface area contributed by atoms with Crippen LogP contribution in [0, 0.1) is 0 Å². The third-order valence-electron chi connectivity index (χ3n) is 6.44. The molecule has 3 aromatic rings. The van der Waals surface area contributed by atoms with Crippen molar-refractivity contribution in [3.63, 3.8) is 0 Å². The smallest absolute Gasteiger partial charge is 0.406 e. The van der Waals surface area contributed by atoms with E-state index in [2.05, 4.69) is 45.6 Å². The minimum absolute atomic E-state index is 0.169. The molecule has 39 heavy (non-hydrogen) atoms. The molecule has 5 rings (SSSR count). The molecule has 2 saturated heterocycles. The molecular weight excluding hydrogens is 535 g/mol. The lowest BCUT2D eigenvalue weighted by atomic mass is 10.2. The van der Waals surface area contributed by atoms with Gasteiger partial charge >= 0.3 is 6.36 Å². The standard InChI is InChI=1S/C24H28F3N9O2S/c25-24(26,27)38-19-4-1-3-17(13-19)14-34-9-11-35(12-10-34)16-21(37)30-23-33-32-22(39-23)29-18-6-8-36(15-18)20-5-2-7-28-31-20/h1-5,7,13,18H,6,8-12,14-16H2,(H,29,32)(H,30,33,37)/t18-/m1/s1. The summed E-state index contributed by atoms with van der Waals surface area (Å²) in [4.78, 5) is 18.9. The summed E-state index contributed by atoms with van der Waals surface area (Å²) in [5, 5.41) is 23.6. The van der Waals surface area contributed by atoms with Gasteiger partial charge in [0.05, 0.1) is 6.54 Å². The highest BCUT2D eigenvalue weighted by molar-refractivity contribution is 7.19. The molecule has 2 aliphatic rings. The van der Waals surface area contributed by atoms with Gasteiger partial charge in [-0.05, 0) is 36.2 Å². The van der Waals surface area contributed by atoms with E-state index in [0.717, 1.165) is 30.9 Å². The molecule has 0 unspecified atom stereocenters. The number of halogens is 3. The fourth-order valence-electron chi connectivity index (χ4n) is 4.62. The number of rotatable bonds is 9. The second-order valence-corrected chi connectivity index (χ2v) is 10.3. The van der Waals surface area contributed by atoms with Gasteiger partial charge in [0.1, 0.15) is 5.75 Å². The van der Waals surface area contributed by atoms with Gasteiger partial charge in [-0.1, -0.05) is 23.5 Å². The van der Waals surface area contributed by atoms with Crippen LogP contribution >= 0.6 is 11.3 Å². The number of nitrogens with zero attached hydrogens (tertiary/aromatic N) is 7. The zero-order chi connectivity index (χ0) is 27.2. The Labute approximate surface area is 227 Å². The van der Waals surface area contributed by atoms with E-state index in [1.807, 2.05) is 17.0 Å². The van der Waals surface area contributed by atoms with Crippen molar-refractivity contribution < 1.29 is 22.7 Å². The molecule has 15 heteroatoms. The first-order valence-corrected chi connectivity index (χ1v) is 13.3. The summed E-state index contributed by atoms with van der Waals surface area (Å²) in [5.74, 6) is 0.452. The van der Waals surface area contributed by atoms with Crippen LogP contribution in [0.5, 0.6) is 5.75 Å². The van der Waals surface area contributed by atoms with Crippen molar-refractivity contribution in [1.82, 2.24) is 30.2 Å². The van der Waals surface area contributed by atoms with E-state index >= 15 is 0 Å². The minimum Gasteiger partial charge on any atom is -0.406 e. The van der Waals surface area contributed by atoms with Crippen molar-refractivity contribution in [2.75, 3.05) is 61.3 Å². The van der Waals surface area contributed by atoms with Crippen LogP contribution in [0.1, 0.15) is 12.0 Å². The van der Waals surface area contributed by atoms with Gasteiger partial charge in [-0.3, -0.25) is 19.9 Å². The van der Waals surface area contributed by atoms with E-state index < -0.39 is 6.36 Å². The quantitative estimate of drug-likeness (QED) is 0.403. The number of aromatic nitrogens is 4. The number of alkyl halides is 3. The predicted octanol–water partition coefficient (Wildman–Crippen LogP) is 2.67. The molecule has 1 amide bonds. The van der Waals surface area contributed by atoms with Gasteiger partial charge in [0.15, 0.2) is 5.82 Å². The van der Waals surface area contributed by atoms with E-state index in [-0.39, 0.29) is 24.2 Å². The Balaban J connectivity index is 1.02. The summed E-state index contributed by atoms with van der Waals surface area (Å²) in [5.41, 5.74) is 0.739. The molecule has 2 fully saturated rings. The average Bonchev–Trinajstić information content (AvgIpc) is 3.55. The largest absolute Gasteiger partial charge is 0.573 e. The van der Waals surface area contributed by atoms with Gasteiger partial charge < -0.3 is 15.0 Å². The van der Waals surface area contributed by atoms with E-state index in [4.69, 9.17) is 0 Å². The van der Waals surface area contributed by atoms with Gasteiger partial charge in [-0.15, -0.1) is 28.5 Å². The van der Waals surface area contributed by atoms with Crippen molar-refractivity contribution in [2.45, 2.75) is 25.4 Å². The molecule has 0 aliphatic carbocycles. The topological polar surface area (TPSA) is 112 Å². The predicted molar refractivity (Wildman–Crippen MR) is 140 cm³/mol. The maximum atomic E-state index is 12.6. The Morgan fingerprint density at radius 2 is 1.82 bits per heavy atom. The summed E-state index contributed by atoms with van der Waals surface area (Å²) < 4.78 is 41.4. The lowest BCUT2D eigenvalue weighted by Gasteiger charge is -2.34. The summed E-state index contributed by atoms with van der Waals surface area (Å²) in [6.07, 6.45) is -2.14.